The van der Waals surface area contributed by atoms with Crippen LogP contribution in [0.3, 0.4) is 0 Å². The summed E-state index contributed by atoms with van der Waals surface area (Å²) >= 11 is 7.41. The molecule has 1 nitrogen and oxygen atoms in total. The Hall–Kier alpha value is -0.900. The standard InChI is InChI=1S/C15H17ClFNS/c1-2-18-13(8-12-5-6-19-10-12)7-11-3-4-14(16)15(17)9-11/h3-6,9-10,13,18H,2,7-8H2,1H3. The fourth-order valence-electron chi connectivity index (χ4n) is 2.15. The van der Waals surface area contributed by atoms with Crippen LogP contribution in [0.25, 0.3) is 0 Å². The van der Waals surface area contributed by atoms with Gasteiger partial charge in [0.05, 0.1) is 5.02 Å². The van der Waals surface area contributed by atoms with Crippen molar-refractivity contribution in [3.8, 4) is 0 Å². The molecule has 0 fully saturated rings. The molecule has 0 saturated carbocycles. The molecule has 1 aromatic heterocycles. The van der Waals surface area contributed by atoms with E-state index in [-0.39, 0.29) is 10.8 Å². The van der Waals surface area contributed by atoms with Gasteiger partial charge in [0.1, 0.15) is 5.82 Å². The fourth-order valence-corrected chi connectivity index (χ4v) is 2.95. The zero-order valence-corrected chi connectivity index (χ0v) is 12.4. The lowest BCUT2D eigenvalue weighted by Gasteiger charge is -2.17. The normalized spacial score (nSPS) is 12.6. The van der Waals surface area contributed by atoms with E-state index in [4.69, 9.17) is 11.6 Å². The van der Waals surface area contributed by atoms with Crippen LogP contribution in [0.5, 0.6) is 0 Å². The Balaban J connectivity index is 2.05. The van der Waals surface area contributed by atoms with Crippen LogP contribution in [0.15, 0.2) is 35.0 Å². The van der Waals surface area contributed by atoms with E-state index in [0.717, 1.165) is 24.9 Å². The Morgan fingerprint density at radius 1 is 1.26 bits per heavy atom. The monoisotopic (exact) mass is 297 g/mol. The number of likely N-dealkylation sites (N-methyl/N-ethyl adjacent to an activating group) is 1. The minimum absolute atomic E-state index is 0.182. The molecule has 1 heterocycles. The van der Waals surface area contributed by atoms with Gasteiger partial charge in [0.25, 0.3) is 0 Å². The van der Waals surface area contributed by atoms with Crippen LogP contribution in [0, 0.1) is 5.82 Å². The van der Waals surface area contributed by atoms with Crippen molar-refractivity contribution in [1.82, 2.24) is 5.32 Å². The summed E-state index contributed by atoms with van der Waals surface area (Å²) in [6.07, 6.45) is 1.76. The van der Waals surface area contributed by atoms with Crippen molar-refractivity contribution >= 4 is 22.9 Å². The van der Waals surface area contributed by atoms with Gasteiger partial charge in [0.15, 0.2) is 0 Å². The SMILES string of the molecule is CCNC(Cc1ccsc1)Cc1ccc(Cl)c(F)c1. The first-order valence-corrected chi connectivity index (χ1v) is 7.69. The second-order valence-electron chi connectivity index (χ2n) is 4.54. The van der Waals surface area contributed by atoms with Gasteiger partial charge in [-0.3, -0.25) is 0 Å². The van der Waals surface area contributed by atoms with Gasteiger partial charge in [-0.05, 0) is 59.5 Å². The predicted octanol–water partition coefficient (Wildman–Crippen LogP) is 4.30. The molecule has 19 heavy (non-hydrogen) atoms. The summed E-state index contributed by atoms with van der Waals surface area (Å²) in [6, 6.07) is 7.50. The van der Waals surface area contributed by atoms with Crippen molar-refractivity contribution in [3.05, 3.63) is 57.0 Å². The fraction of sp³-hybridized carbons (Fsp3) is 0.333. The molecular formula is C15H17ClFNS. The average molecular weight is 298 g/mol. The molecule has 2 rings (SSSR count). The second-order valence-corrected chi connectivity index (χ2v) is 5.73. The maximum atomic E-state index is 13.4. The summed E-state index contributed by atoms with van der Waals surface area (Å²) in [7, 11) is 0. The molecule has 1 atom stereocenters. The Morgan fingerprint density at radius 3 is 2.68 bits per heavy atom. The van der Waals surface area contributed by atoms with Crippen molar-refractivity contribution in [1.29, 1.82) is 0 Å². The molecule has 1 aromatic carbocycles. The molecule has 0 radical (unpaired) electrons. The van der Waals surface area contributed by atoms with E-state index in [0.29, 0.717) is 6.04 Å². The molecule has 1 N–H and O–H groups in total. The summed E-state index contributed by atoms with van der Waals surface area (Å²) in [5, 5.41) is 7.88. The van der Waals surface area contributed by atoms with Gasteiger partial charge >= 0.3 is 0 Å². The van der Waals surface area contributed by atoms with E-state index in [1.807, 2.05) is 6.07 Å². The van der Waals surface area contributed by atoms with Gasteiger partial charge < -0.3 is 5.32 Å². The summed E-state index contributed by atoms with van der Waals surface area (Å²) < 4.78 is 13.4. The summed E-state index contributed by atoms with van der Waals surface area (Å²) in [6.45, 7) is 2.99. The van der Waals surface area contributed by atoms with Crippen LogP contribution in [0.2, 0.25) is 5.02 Å². The highest BCUT2D eigenvalue weighted by molar-refractivity contribution is 7.07. The number of nitrogens with one attached hydrogen (secondary N) is 1. The Morgan fingerprint density at radius 2 is 2.05 bits per heavy atom. The van der Waals surface area contributed by atoms with E-state index in [1.165, 1.54) is 11.6 Å². The van der Waals surface area contributed by atoms with Crippen LogP contribution in [-0.4, -0.2) is 12.6 Å². The quantitative estimate of drug-likeness (QED) is 0.838. The van der Waals surface area contributed by atoms with Crippen molar-refractivity contribution < 1.29 is 4.39 Å². The van der Waals surface area contributed by atoms with Gasteiger partial charge in [0, 0.05) is 6.04 Å². The first-order chi connectivity index (χ1) is 9.19. The first kappa shape index (κ1) is 14.5. The number of benzene rings is 1. The number of hydrogen-bond acceptors (Lipinski definition) is 2. The topological polar surface area (TPSA) is 12.0 Å². The number of hydrogen-bond donors (Lipinski definition) is 1. The maximum Gasteiger partial charge on any atom is 0.142 e. The molecule has 4 heteroatoms. The molecule has 0 bridgehead atoms. The summed E-state index contributed by atoms with van der Waals surface area (Å²) in [5.74, 6) is -0.343. The third-order valence-electron chi connectivity index (χ3n) is 3.02. The number of thiophene rings is 1. The van der Waals surface area contributed by atoms with Gasteiger partial charge in [-0.25, -0.2) is 4.39 Å². The summed E-state index contributed by atoms with van der Waals surface area (Å²) in [5.41, 5.74) is 2.30. The zero-order valence-electron chi connectivity index (χ0n) is 10.8. The average Bonchev–Trinajstić information content (AvgIpc) is 2.87. The third-order valence-corrected chi connectivity index (χ3v) is 4.06. The third kappa shape index (κ3) is 4.30. The van der Waals surface area contributed by atoms with Gasteiger partial charge in [0.2, 0.25) is 0 Å². The van der Waals surface area contributed by atoms with Crippen LogP contribution >= 0.6 is 22.9 Å². The highest BCUT2D eigenvalue weighted by Crippen LogP contribution is 2.18. The van der Waals surface area contributed by atoms with E-state index in [9.17, 15) is 4.39 Å². The second kappa shape index (κ2) is 7.04. The van der Waals surface area contributed by atoms with E-state index >= 15 is 0 Å². The zero-order chi connectivity index (χ0) is 13.7. The summed E-state index contributed by atoms with van der Waals surface area (Å²) in [4.78, 5) is 0. The van der Waals surface area contributed by atoms with E-state index in [2.05, 4.69) is 29.1 Å². The highest BCUT2D eigenvalue weighted by atomic mass is 35.5. The molecule has 0 saturated heterocycles. The lowest BCUT2D eigenvalue weighted by atomic mass is 10.0. The van der Waals surface area contributed by atoms with Crippen molar-refractivity contribution in [2.75, 3.05) is 6.54 Å². The highest BCUT2D eigenvalue weighted by Gasteiger charge is 2.11. The van der Waals surface area contributed by atoms with Crippen LogP contribution < -0.4 is 5.32 Å². The predicted molar refractivity (Wildman–Crippen MR) is 80.6 cm³/mol. The molecule has 0 amide bonds. The lowest BCUT2D eigenvalue weighted by molar-refractivity contribution is 0.520. The largest absolute Gasteiger partial charge is 0.314 e. The Kier molecular flexibility index (Phi) is 5.37. The molecule has 0 aliphatic carbocycles. The lowest BCUT2D eigenvalue weighted by Crippen LogP contribution is -2.32. The van der Waals surface area contributed by atoms with E-state index in [1.54, 1.807) is 17.4 Å². The van der Waals surface area contributed by atoms with Crippen molar-refractivity contribution in [2.45, 2.75) is 25.8 Å². The molecular weight excluding hydrogens is 281 g/mol. The number of rotatable bonds is 6. The maximum absolute atomic E-state index is 13.4. The first-order valence-electron chi connectivity index (χ1n) is 6.37. The Bertz CT molecular complexity index is 513. The van der Waals surface area contributed by atoms with Crippen molar-refractivity contribution in [3.63, 3.8) is 0 Å². The molecule has 1 unspecified atom stereocenters. The minimum atomic E-state index is -0.343. The minimum Gasteiger partial charge on any atom is -0.314 e. The van der Waals surface area contributed by atoms with Crippen LogP contribution in [-0.2, 0) is 12.8 Å². The van der Waals surface area contributed by atoms with Gasteiger partial charge in [-0.15, -0.1) is 0 Å². The van der Waals surface area contributed by atoms with Crippen LogP contribution in [0.1, 0.15) is 18.1 Å². The smallest absolute Gasteiger partial charge is 0.142 e. The van der Waals surface area contributed by atoms with Crippen LogP contribution in [0.4, 0.5) is 4.39 Å². The van der Waals surface area contributed by atoms with Crippen molar-refractivity contribution in [2.24, 2.45) is 0 Å². The molecule has 0 aliphatic rings. The molecule has 102 valence electrons. The van der Waals surface area contributed by atoms with Gasteiger partial charge in [-0.2, -0.15) is 11.3 Å². The number of halogens is 2. The van der Waals surface area contributed by atoms with Gasteiger partial charge in [-0.1, -0.05) is 24.6 Å². The van der Waals surface area contributed by atoms with E-state index < -0.39 is 0 Å². The molecule has 0 spiro atoms. The molecule has 2 aromatic rings. The molecule has 0 aliphatic heterocycles. The Labute approximate surface area is 122 Å².